The van der Waals surface area contributed by atoms with Crippen LogP contribution in [0, 0.1) is 6.92 Å². The standard InChI is InChI=1S/C12H11.CH3.3ClH.V/c1-10-5-4-8-12(9-10)11-6-2-3-7-11;;;;;/h2,4-6,8-9H,3H2,1H3;1H3;3*1H;. The molecule has 0 saturated heterocycles. The molecule has 2 rings (SSSR count). The summed E-state index contributed by atoms with van der Waals surface area (Å²) < 4.78 is 1.66. The van der Waals surface area contributed by atoms with Crippen molar-refractivity contribution in [2.75, 3.05) is 0 Å². The summed E-state index contributed by atoms with van der Waals surface area (Å²) in [5.74, 6) is 0. The van der Waals surface area contributed by atoms with Crippen molar-refractivity contribution < 1.29 is 16.3 Å². The van der Waals surface area contributed by atoms with Crippen molar-refractivity contribution in [1.82, 2.24) is 0 Å². The average molecular weight is 331 g/mol. The average Bonchev–Trinajstić information content (AvgIpc) is 2.65. The Morgan fingerprint density at radius 2 is 1.82 bits per heavy atom. The maximum atomic E-state index is 2.33. The van der Waals surface area contributed by atoms with Gasteiger partial charge in [0.05, 0.1) is 0 Å². The van der Waals surface area contributed by atoms with Crippen molar-refractivity contribution in [3.05, 3.63) is 51.8 Å². The SMILES string of the molecule is Cl.Cl.Cl.[CH3][V][C]1=C(c2cccc(C)c2)C=CC1. The molecule has 4 heteroatoms. The fraction of sp³-hybridized carbons (Fsp3) is 0.231. The second kappa shape index (κ2) is 9.13. The summed E-state index contributed by atoms with van der Waals surface area (Å²) in [6.07, 6.45) is 5.75. The molecule has 0 atom stereocenters. The summed E-state index contributed by atoms with van der Waals surface area (Å²) in [5, 5.41) is 0. The number of benzene rings is 1. The van der Waals surface area contributed by atoms with Gasteiger partial charge in [-0.3, -0.25) is 0 Å². The summed E-state index contributed by atoms with van der Waals surface area (Å²) >= 11 is 0.381. The summed E-state index contributed by atoms with van der Waals surface area (Å²) in [6.45, 7) is 2.15. The van der Waals surface area contributed by atoms with Gasteiger partial charge in [-0.25, -0.2) is 0 Å². The Morgan fingerprint density at radius 1 is 1.12 bits per heavy atom. The summed E-state index contributed by atoms with van der Waals surface area (Å²) in [5.41, 5.74) is 6.55. The van der Waals surface area contributed by atoms with Gasteiger partial charge in [0.25, 0.3) is 0 Å². The van der Waals surface area contributed by atoms with Crippen LogP contribution in [0.5, 0.6) is 0 Å². The monoisotopic (exact) mass is 329 g/mol. The molecule has 0 saturated carbocycles. The van der Waals surface area contributed by atoms with E-state index in [-0.39, 0.29) is 37.2 Å². The van der Waals surface area contributed by atoms with E-state index in [2.05, 4.69) is 49.0 Å². The van der Waals surface area contributed by atoms with E-state index in [4.69, 9.17) is 0 Å². The van der Waals surface area contributed by atoms with Gasteiger partial charge in [0, 0.05) is 0 Å². The third-order valence-corrected chi connectivity index (χ3v) is 4.01. The second-order valence-corrected chi connectivity index (χ2v) is 5.10. The molecule has 1 aliphatic carbocycles. The van der Waals surface area contributed by atoms with Gasteiger partial charge in [-0.1, -0.05) is 0 Å². The zero-order chi connectivity index (χ0) is 9.97. The van der Waals surface area contributed by atoms with Gasteiger partial charge in [-0.05, 0) is 0 Å². The minimum atomic E-state index is 0. The van der Waals surface area contributed by atoms with Crippen molar-refractivity contribution >= 4 is 42.8 Å². The molecular weight excluding hydrogens is 313 g/mol. The molecule has 0 aromatic heterocycles. The molecule has 0 nitrogen and oxygen atoms in total. The molecule has 0 N–H and O–H groups in total. The molecule has 1 aliphatic rings. The van der Waals surface area contributed by atoms with Crippen LogP contribution >= 0.6 is 37.2 Å². The third kappa shape index (κ3) is 4.73. The topological polar surface area (TPSA) is 0 Å². The molecule has 0 bridgehead atoms. The van der Waals surface area contributed by atoms with Crippen molar-refractivity contribution in [2.45, 2.75) is 19.0 Å². The Hall–Kier alpha value is 0.154. The van der Waals surface area contributed by atoms with Crippen LogP contribution in [0.25, 0.3) is 5.57 Å². The third-order valence-electron chi connectivity index (χ3n) is 2.51. The van der Waals surface area contributed by atoms with E-state index in [0.29, 0.717) is 16.3 Å². The quantitative estimate of drug-likeness (QED) is 0.711. The van der Waals surface area contributed by atoms with Crippen LogP contribution in [0.2, 0.25) is 5.64 Å². The zero-order valence-corrected chi connectivity index (χ0v) is 13.7. The van der Waals surface area contributed by atoms with Crippen LogP contribution in [0.1, 0.15) is 17.5 Å². The number of rotatable bonds is 2. The van der Waals surface area contributed by atoms with Crippen LogP contribution in [0.15, 0.2) is 40.7 Å². The van der Waals surface area contributed by atoms with Crippen molar-refractivity contribution in [1.29, 1.82) is 0 Å². The van der Waals surface area contributed by atoms with Gasteiger partial charge in [0.15, 0.2) is 0 Å². The first-order valence-electron chi connectivity index (χ1n) is 4.88. The Bertz CT molecular complexity index is 411. The van der Waals surface area contributed by atoms with Crippen LogP contribution < -0.4 is 0 Å². The number of hydrogen-bond acceptors (Lipinski definition) is 0. The molecular formula is C13H17Cl3V. The van der Waals surface area contributed by atoms with E-state index in [1.807, 2.05) is 0 Å². The Balaban J connectivity index is 0. The molecule has 1 aromatic rings. The van der Waals surface area contributed by atoms with Crippen molar-refractivity contribution in [3.63, 3.8) is 0 Å². The van der Waals surface area contributed by atoms with Gasteiger partial charge < -0.3 is 0 Å². The molecule has 95 valence electrons. The fourth-order valence-corrected chi connectivity index (χ4v) is 2.93. The summed E-state index contributed by atoms with van der Waals surface area (Å²) in [4.78, 5) is 0. The maximum absolute atomic E-state index is 2.33. The van der Waals surface area contributed by atoms with E-state index < -0.39 is 0 Å². The van der Waals surface area contributed by atoms with Crippen LogP contribution in [-0.4, -0.2) is 0 Å². The van der Waals surface area contributed by atoms with E-state index in [9.17, 15) is 0 Å². The van der Waals surface area contributed by atoms with Gasteiger partial charge >= 0.3 is 92.7 Å². The fourth-order valence-electron chi connectivity index (χ4n) is 1.78. The molecule has 0 radical (unpaired) electrons. The predicted molar refractivity (Wildman–Crippen MR) is 79.5 cm³/mol. The molecule has 0 aliphatic heterocycles. The van der Waals surface area contributed by atoms with E-state index >= 15 is 0 Å². The molecule has 0 unspecified atom stereocenters. The first-order valence-corrected chi connectivity index (χ1v) is 6.97. The predicted octanol–water partition coefficient (Wildman–Crippen LogP) is 5.06. The Morgan fingerprint density at radius 3 is 2.41 bits per heavy atom. The van der Waals surface area contributed by atoms with Gasteiger partial charge in [0.2, 0.25) is 0 Å². The van der Waals surface area contributed by atoms with E-state index in [0.717, 1.165) is 0 Å². The molecule has 0 fully saturated rings. The van der Waals surface area contributed by atoms with Gasteiger partial charge in [-0.15, -0.1) is 37.2 Å². The number of halogens is 3. The molecule has 0 spiro atoms. The van der Waals surface area contributed by atoms with Crippen LogP contribution in [0.4, 0.5) is 0 Å². The van der Waals surface area contributed by atoms with E-state index in [1.165, 1.54) is 23.1 Å². The van der Waals surface area contributed by atoms with Crippen molar-refractivity contribution in [3.8, 4) is 0 Å². The zero-order valence-electron chi connectivity index (χ0n) is 9.84. The van der Waals surface area contributed by atoms with E-state index in [1.54, 1.807) is 4.28 Å². The Kier molecular flexibility index (Phi) is 10.5. The molecule has 1 aromatic carbocycles. The molecule has 0 amide bonds. The number of hydrogen-bond donors (Lipinski definition) is 0. The summed E-state index contributed by atoms with van der Waals surface area (Å²) in [6, 6.07) is 8.80. The first-order chi connectivity index (χ1) is 6.81. The van der Waals surface area contributed by atoms with Crippen LogP contribution in [-0.2, 0) is 16.3 Å². The number of allylic oxidation sites excluding steroid dienone is 4. The minimum absolute atomic E-state index is 0. The van der Waals surface area contributed by atoms with Crippen molar-refractivity contribution in [2.24, 2.45) is 0 Å². The normalized spacial score (nSPS) is 12.4. The van der Waals surface area contributed by atoms with Crippen LogP contribution in [0.3, 0.4) is 0 Å². The molecule has 0 heterocycles. The number of aryl methyl sites for hydroxylation is 1. The Labute approximate surface area is 129 Å². The summed E-state index contributed by atoms with van der Waals surface area (Å²) in [7, 11) is 0. The van der Waals surface area contributed by atoms with Gasteiger partial charge in [-0.2, -0.15) is 0 Å². The molecule has 17 heavy (non-hydrogen) atoms. The first kappa shape index (κ1) is 19.5. The second-order valence-electron chi connectivity index (χ2n) is 3.56. The van der Waals surface area contributed by atoms with Gasteiger partial charge in [0.1, 0.15) is 0 Å².